The molecule has 0 unspecified atom stereocenters. The first-order valence-electron chi connectivity index (χ1n) is 8.59. The van der Waals surface area contributed by atoms with E-state index in [1.165, 1.54) is 39.0 Å². The van der Waals surface area contributed by atoms with Crippen molar-refractivity contribution in [3.63, 3.8) is 0 Å². The first kappa shape index (κ1) is 15.5. The molecule has 0 atom stereocenters. The molecular formula is C23H22N2+2. The van der Waals surface area contributed by atoms with Crippen LogP contribution >= 0.6 is 0 Å². The molecule has 0 N–H and O–H groups in total. The molecule has 0 spiro atoms. The van der Waals surface area contributed by atoms with E-state index in [2.05, 4.69) is 109 Å². The Hall–Kier alpha value is -3.00. The molecule has 0 aliphatic carbocycles. The van der Waals surface area contributed by atoms with E-state index in [-0.39, 0.29) is 0 Å². The summed E-state index contributed by atoms with van der Waals surface area (Å²) >= 11 is 0. The molecule has 4 rings (SSSR count). The van der Waals surface area contributed by atoms with Gasteiger partial charge in [0.25, 0.3) is 11.4 Å². The van der Waals surface area contributed by atoms with Gasteiger partial charge in [-0.15, -0.1) is 0 Å². The average molecular weight is 326 g/mol. The first-order chi connectivity index (χ1) is 12.1. The number of fused-ring (bicyclic) bond motifs is 1. The molecule has 2 heteroatoms. The summed E-state index contributed by atoms with van der Waals surface area (Å²) in [5, 5.41) is 2.57. The fraction of sp³-hybridized carbons (Fsp3) is 0.130. The molecule has 0 fully saturated rings. The van der Waals surface area contributed by atoms with Crippen LogP contribution in [0.3, 0.4) is 0 Å². The summed E-state index contributed by atoms with van der Waals surface area (Å²) in [6.45, 7) is 2.19. The predicted octanol–water partition coefficient (Wildman–Crippen LogP) is 4.13. The number of hydrogen-bond donors (Lipinski definition) is 0. The van der Waals surface area contributed by atoms with Gasteiger partial charge in [-0.1, -0.05) is 30.3 Å². The third kappa shape index (κ3) is 2.70. The van der Waals surface area contributed by atoms with Crippen molar-refractivity contribution in [2.45, 2.75) is 6.92 Å². The maximum absolute atomic E-state index is 2.30. The molecule has 4 aromatic rings. The van der Waals surface area contributed by atoms with Crippen LogP contribution < -0.4 is 9.13 Å². The van der Waals surface area contributed by atoms with Crippen molar-refractivity contribution in [1.82, 2.24) is 0 Å². The van der Waals surface area contributed by atoms with E-state index in [0.717, 1.165) is 0 Å². The van der Waals surface area contributed by atoms with E-state index in [1.807, 2.05) is 0 Å². The van der Waals surface area contributed by atoms with Crippen LogP contribution in [0, 0.1) is 6.92 Å². The zero-order valence-corrected chi connectivity index (χ0v) is 14.9. The van der Waals surface area contributed by atoms with Crippen LogP contribution in [-0.4, -0.2) is 0 Å². The Kier molecular flexibility index (Phi) is 3.81. The van der Waals surface area contributed by atoms with E-state index in [9.17, 15) is 0 Å². The van der Waals surface area contributed by atoms with Crippen molar-refractivity contribution in [2.75, 3.05) is 0 Å². The highest BCUT2D eigenvalue weighted by Crippen LogP contribution is 2.27. The van der Waals surface area contributed by atoms with Gasteiger partial charge in [0.2, 0.25) is 5.69 Å². The molecule has 2 heterocycles. The lowest BCUT2D eigenvalue weighted by Gasteiger charge is -2.09. The summed E-state index contributed by atoms with van der Waals surface area (Å²) < 4.78 is 4.44. The topological polar surface area (TPSA) is 7.76 Å². The van der Waals surface area contributed by atoms with Gasteiger partial charge < -0.3 is 0 Å². The van der Waals surface area contributed by atoms with E-state index in [1.54, 1.807) is 0 Å². The average Bonchev–Trinajstić information content (AvgIpc) is 2.62. The minimum absolute atomic E-state index is 1.20. The Balaban J connectivity index is 1.94. The van der Waals surface area contributed by atoms with Crippen LogP contribution in [0.15, 0.2) is 79.0 Å². The normalized spacial score (nSPS) is 11.0. The third-order valence-electron chi connectivity index (χ3n) is 4.92. The standard InChI is InChI=1S/C23H22N2/c1-17-15-18-9-4-5-10-19(18)16-20(17)21-12-8-13-23(25(21)3)22-11-6-7-14-24(22)2/h4-16H,1-3H3/q+2. The zero-order valence-electron chi connectivity index (χ0n) is 14.9. The van der Waals surface area contributed by atoms with Gasteiger partial charge in [0.15, 0.2) is 6.20 Å². The second kappa shape index (κ2) is 6.14. The van der Waals surface area contributed by atoms with Crippen molar-refractivity contribution in [1.29, 1.82) is 0 Å². The Morgan fingerprint density at radius 2 is 1.28 bits per heavy atom. The lowest BCUT2D eigenvalue weighted by atomic mass is 9.98. The van der Waals surface area contributed by atoms with E-state index in [0.29, 0.717) is 0 Å². The van der Waals surface area contributed by atoms with Crippen LogP contribution in [0.2, 0.25) is 0 Å². The first-order valence-corrected chi connectivity index (χ1v) is 8.59. The lowest BCUT2D eigenvalue weighted by molar-refractivity contribution is -0.685. The van der Waals surface area contributed by atoms with Crippen molar-refractivity contribution in [2.24, 2.45) is 14.1 Å². The Morgan fingerprint density at radius 3 is 2.04 bits per heavy atom. The van der Waals surface area contributed by atoms with Crippen molar-refractivity contribution >= 4 is 10.8 Å². The SMILES string of the molecule is Cc1cc2ccccc2cc1-c1cccc(-c2cccc[n+]2C)[n+]1C. The summed E-state index contributed by atoms with van der Waals surface area (Å²) in [7, 11) is 4.23. The van der Waals surface area contributed by atoms with E-state index >= 15 is 0 Å². The van der Waals surface area contributed by atoms with Crippen molar-refractivity contribution < 1.29 is 9.13 Å². The van der Waals surface area contributed by atoms with Crippen molar-refractivity contribution in [3.05, 3.63) is 84.6 Å². The summed E-state index contributed by atoms with van der Waals surface area (Å²) in [5.41, 5.74) is 6.20. The summed E-state index contributed by atoms with van der Waals surface area (Å²) in [6.07, 6.45) is 2.09. The van der Waals surface area contributed by atoms with Crippen LogP contribution in [0.1, 0.15) is 5.56 Å². The van der Waals surface area contributed by atoms with Gasteiger partial charge in [-0.3, -0.25) is 0 Å². The predicted molar refractivity (Wildman–Crippen MR) is 102 cm³/mol. The highest BCUT2D eigenvalue weighted by molar-refractivity contribution is 5.88. The number of benzene rings is 2. The molecule has 2 aromatic heterocycles. The summed E-state index contributed by atoms with van der Waals surface area (Å²) in [6, 6.07) is 25.9. The lowest BCUT2D eigenvalue weighted by Crippen LogP contribution is -2.39. The van der Waals surface area contributed by atoms with E-state index in [4.69, 9.17) is 0 Å². The highest BCUT2D eigenvalue weighted by Gasteiger charge is 2.22. The van der Waals surface area contributed by atoms with Gasteiger partial charge >= 0.3 is 0 Å². The Bertz CT molecular complexity index is 1080. The van der Waals surface area contributed by atoms with Gasteiger partial charge in [-0.2, -0.15) is 9.13 Å². The number of aromatic nitrogens is 2. The summed E-state index contributed by atoms with van der Waals surface area (Å²) in [4.78, 5) is 0. The van der Waals surface area contributed by atoms with E-state index < -0.39 is 0 Å². The van der Waals surface area contributed by atoms with Crippen LogP contribution in [0.4, 0.5) is 0 Å². The number of pyridine rings is 2. The largest absolute Gasteiger partial charge is 0.277 e. The molecule has 2 nitrogen and oxygen atoms in total. The second-order valence-electron chi connectivity index (χ2n) is 6.57. The molecule has 0 aliphatic heterocycles. The van der Waals surface area contributed by atoms with Crippen molar-refractivity contribution in [3.8, 4) is 22.6 Å². The monoisotopic (exact) mass is 326 g/mol. The molecule has 0 aliphatic rings. The maximum Gasteiger partial charge on any atom is 0.277 e. The number of nitrogens with zero attached hydrogens (tertiary/aromatic N) is 2. The van der Waals surface area contributed by atoms with Gasteiger partial charge in [-0.25, -0.2) is 0 Å². The third-order valence-corrected chi connectivity index (χ3v) is 4.92. The molecule has 2 aromatic carbocycles. The number of rotatable bonds is 2. The number of aryl methyl sites for hydroxylation is 2. The smallest absolute Gasteiger partial charge is 0.196 e. The minimum Gasteiger partial charge on any atom is -0.196 e. The maximum atomic E-state index is 2.30. The minimum atomic E-state index is 1.20. The fourth-order valence-electron chi connectivity index (χ4n) is 3.53. The van der Waals surface area contributed by atoms with Crippen LogP contribution in [-0.2, 0) is 14.1 Å². The fourth-order valence-corrected chi connectivity index (χ4v) is 3.53. The molecule has 0 saturated heterocycles. The van der Waals surface area contributed by atoms with Gasteiger partial charge in [-0.05, 0) is 41.5 Å². The molecule has 0 saturated carbocycles. The van der Waals surface area contributed by atoms with Gasteiger partial charge in [0, 0.05) is 29.8 Å². The highest BCUT2D eigenvalue weighted by atomic mass is 15.0. The second-order valence-corrected chi connectivity index (χ2v) is 6.57. The molecule has 25 heavy (non-hydrogen) atoms. The molecule has 122 valence electrons. The Morgan fingerprint density at radius 1 is 0.640 bits per heavy atom. The zero-order chi connectivity index (χ0) is 17.4. The molecular weight excluding hydrogens is 304 g/mol. The summed E-state index contributed by atoms with van der Waals surface area (Å²) in [5.74, 6) is 0. The quantitative estimate of drug-likeness (QED) is 0.489. The van der Waals surface area contributed by atoms with Crippen LogP contribution in [0.5, 0.6) is 0 Å². The van der Waals surface area contributed by atoms with Crippen LogP contribution in [0.25, 0.3) is 33.4 Å². The molecule has 0 amide bonds. The van der Waals surface area contributed by atoms with Gasteiger partial charge in [0.05, 0.1) is 0 Å². The Labute approximate surface area is 148 Å². The number of hydrogen-bond acceptors (Lipinski definition) is 0. The van der Waals surface area contributed by atoms with Gasteiger partial charge in [0.1, 0.15) is 14.1 Å². The molecule has 0 bridgehead atoms. The molecule has 0 radical (unpaired) electrons.